The fraction of sp³-hybridized carbons (Fsp3) is 0.514. The minimum Gasteiger partial charge on any atom is -0.507 e. The Kier molecular flexibility index (Phi) is 18.9. The maximum absolute atomic E-state index is 15.4. The minimum absolute atomic E-state index is 0.0125. The van der Waals surface area contributed by atoms with E-state index in [0.29, 0.717) is 5.56 Å². The SMILES string of the molecule is COc1cccc2c1C(=O)c1c(O)c3c(c(O)c1C2=O)C[C@](O)(/C(CO)=N/NC(=O)CCC(O)OC(Cc1ccccc1)C(=O)OC1C[C@@]2(O)[C@H](OC(=O)c4ccccc4)C4[C@@](C)(C(=O)[C@H](O)C(=C1C)C2(C)C)[C@H](O)C[C@@]1(C)OC[C@@]41OC(C)=O)C[C@H]3O[C@H]1C[C@H](N)[C@H](O)[C@H](C)O1. The van der Waals surface area contributed by atoms with Crippen LogP contribution in [0.4, 0.5) is 0 Å². The van der Waals surface area contributed by atoms with Crippen molar-refractivity contribution in [3.05, 3.63) is 135 Å². The molecule has 17 atom stereocenters. The number of nitrogens with one attached hydrogen (secondary N) is 1. The number of ether oxygens (including phenoxy) is 8. The summed E-state index contributed by atoms with van der Waals surface area (Å²) in [7, 11) is 1.28. The molecule has 4 unspecified atom stereocenters. The van der Waals surface area contributed by atoms with Crippen LogP contribution in [0.1, 0.15) is 152 Å². The van der Waals surface area contributed by atoms with Crippen molar-refractivity contribution in [3.8, 4) is 17.2 Å². The van der Waals surface area contributed by atoms with Crippen molar-refractivity contribution in [1.82, 2.24) is 5.43 Å². The Balaban J connectivity index is 0.860. The van der Waals surface area contributed by atoms with Crippen LogP contribution in [0.2, 0.25) is 0 Å². The van der Waals surface area contributed by atoms with Gasteiger partial charge < -0.3 is 89.6 Å². The fourth-order valence-electron chi connectivity index (χ4n) is 15.9. The Morgan fingerprint density at radius 3 is 2.14 bits per heavy atom. The third-order valence-electron chi connectivity index (χ3n) is 21.3. The number of aromatic hydroxyl groups is 2. The number of ketones is 3. The second kappa shape index (κ2) is 26.1. The van der Waals surface area contributed by atoms with E-state index in [0.717, 1.165) is 6.92 Å². The Bertz CT molecular complexity index is 3890. The van der Waals surface area contributed by atoms with Gasteiger partial charge in [0.2, 0.25) is 11.7 Å². The van der Waals surface area contributed by atoms with E-state index in [2.05, 4.69) is 10.5 Å². The van der Waals surface area contributed by atoms with Crippen molar-refractivity contribution in [1.29, 1.82) is 0 Å². The van der Waals surface area contributed by atoms with Crippen LogP contribution in [-0.4, -0.2) is 197 Å². The van der Waals surface area contributed by atoms with Crippen LogP contribution < -0.4 is 15.9 Å². The number of nitrogens with zero attached hydrogens (tertiary/aromatic N) is 1. The van der Waals surface area contributed by atoms with Gasteiger partial charge in [-0.2, -0.15) is 5.10 Å². The molecule has 4 fully saturated rings. The zero-order valence-electron chi connectivity index (χ0n) is 54.7. The molecule has 0 aromatic heterocycles. The van der Waals surface area contributed by atoms with Crippen LogP contribution in [0.5, 0.6) is 17.2 Å². The number of methoxy groups -OCH3 is 1. The number of aliphatic hydroxyl groups excluding tert-OH is 5. The van der Waals surface area contributed by atoms with Gasteiger partial charge in [0, 0.05) is 86.4 Å². The molecule has 7 aliphatic rings. The standard InChI is InChI=1S/C70H81N3O24/c1-32-42(28-69(89)62(96-63(86)36-18-13-10-14-19-36)60-67(7,61(85)59(84)53(32)65(69,4)5)45(76)29-66(6)70(60,31-91-66)97-34(3)75)95-64(87)41(24-35-16-11-9-12-17-35)93-47(78)23-22-46(77)73-72-44(30-74)68(88)26-38-50(43(27-68)94-48-25-39(71)54(79)33(2)92-48)58(83)52-51(56(38)81)55(80)37-20-15-21-40(90-8)49(37)57(52)82/h9-21,33,39,41-43,45,47-48,54,59-60,62,74,76,78-79,81,83-84,88-89H,22-31,71H2,1-8H3,(H,73,77)/b72-44+/t33-,39-,41?,42?,43+,45+,47?,48-,54+,59+,60?,62+,66+,67-,68+,69+,70+/m0/s1. The van der Waals surface area contributed by atoms with Crippen LogP contribution in [0, 0.1) is 16.7 Å². The maximum Gasteiger partial charge on any atom is 0.338 e. The molecule has 0 spiro atoms. The lowest BCUT2D eigenvalue weighted by atomic mass is 9.42. The van der Waals surface area contributed by atoms with Crippen LogP contribution in [0.15, 0.2) is 95.1 Å². The van der Waals surface area contributed by atoms with Gasteiger partial charge in [-0.3, -0.25) is 24.0 Å². The minimum atomic E-state index is -2.48. The second-order valence-electron chi connectivity index (χ2n) is 27.4. The van der Waals surface area contributed by atoms with Crippen LogP contribution in [0.3, 0.4) is 0 Å². The van der Waals surface area contributed by atoms with Crippen LogP contribution in [-0.2, 0) is 65.2 Å². The normalized spacial score (nSPS) is 33.2. The average Bonchev–Trinajstić information content (AvgIpc) is 0.661. The highest BCUT2D eigenvalue weighted by Crippen LogP contribution is 2.67. The number of hydrogen-bond acceptors (Lipinski definition) is 26. The first-order valence-electron chi connectivity index (χ1n) is 32.0. The topological polar surface area (TPSA) is 426 Å². The van der Waals surface area contributed by atoms with Gasteiger partial charge in [-0.1, -0.05) is 74.5 Å². The number of phenolic OH excluding ortho intramolecular Hbond substituents is 2. The first-order chi connectivity index (χ1) is 45.7. The highest BCUT2D eigenvalue weighted by molar-refractivity contribution is 6.31. The van der Waals surface area contributed by atoms with Crippen LogP contribution in [0.25, 0.3) is 0 Å². The van der Waals surface area contributed by atoms with E-state index < -0.39 is 215 Å². The molecule has 1 amide bonds. The van der Waals surface area contributed by atoms with Crippen molar-refractivity contribution in [2.45, 2.75) is 190 Å². The van der Waals surface area contributed by atoms with E-state index in [1.54, 1.807) is 55.5 Å². The molecule has 4 aromatic carbocycles. The number of rotatable bonds is 18. The van der Waals surface area contributed by atoms with Crippen molar-refractivity contribution in [3.63, 3.8) is 0 Å². The third-order valence-corrected chi connectivity index (χ3v) is 21.3. The van der Waals surface area contributed by atoms with Gasteiger partial charge in [0.15, 0.2) is 35.9 Å². The summed E-state index contributed by atoms with van der Waals surface area (Å²) in [5.74, 6) is -9.83. The fourth-order valence-corrected chi connectivity index (χ4v) is 15.9. The molecule has 27 nitrogen and oxygen atoms in total. The molecule has 27 heteroatoms. The molecule has 5 aliphatic carbocycles. The highest BCUT2D eigenvalue weighted by Gasteiger charge is 2.81. The predicted octanol–water partition coefficient (Wildman–Crippen LogP) is 2.67. The Labute approximate surface area is 557 Å². The van der Waals surface area contributed by atoms with Crippen molar-refractivity contribution >= 4 is 46.9 Å². The highest BCUT2D eigenvalue weighted by atomic mass is 16.7. The summed E-state index contributed by atoms with van der Waals surface area (Å²) in [6, 6.07) is 19.4. The average molecular weight is 1350 g/mol. The van der Waals surface area contributed by atoms with E-state index in [-0.39, 0.29) is 70.6 Å². The van der Waals surface area contributed by atoms with E-state index >= 15 is 4.79 Å². The summed E-state index contributed by atoms with van der Waals surface area (Å²) in [6.45, 7) is 8.65. The molecular weight excluding hydrogens is 1270 g/mol. The molecule has 2 saturated heterocycles. The summed E-state index contributed by atoms with van der Waals surface area (Å²) in [5, 5.41) is 113. The molecular formula is C70H81N3O24. The quantitative estimate of drug-likeness (QED) is 0.0114. The number of nitrogens with two attached hydrogens (primary N) is 1. The molecule has 2 saturated carbocycles. The van der Waals surface area contributed by atoms with Crippen molar-refractivity contribution < 1.29 is 117 Å². The maximum atomic E-state index is 15.4. The Hall–Kier alpha value is -7.90. The summed E-state index contributed by atoms with van der Waals surface area (Å²) in [6.07, 6.45) is -19.3. The van der Waals surface area contributed by atoms with Gasteiger partial charge in [0.05, 0.1) is 84.0 Å². The number of benzene rings is 4. The van der Waals surface area contributed by atoms with Gasteiger partial charge >= 0.3 is 17.9 Å². The number of carbonyl (C=O) groups is 7. The van der Waals surface area contributed by atoms with Gasteiger partial charge in [0.25, 0.3) is 0 Å². The Morgan fingerprint density at radius 1 is 0.845 bits per heavy atom. The number of Topliss-reactive ketones (excluding diaryl/α,β-unsaturated/α-hetero) is 1. The first kappa shape index (κ1) is 70.4. The van der Waals surface area contributed by atoms with Gasteiger partial charge in [0.1, 0.15) is 52.4 Å². The zero-order chi connectivity index (χ0) is 70.4. The first-order valence-corrected chi connectivity index (χ1v) is 32.0. The van der Waals surface area contributed by atoms with Crippen LogP contribution >= 0.6 is 0 Å². The van der Waals surface area contributed by atoms with Crippen molar-refractivity contribution in [2.24, 2.45) is 27.6 Å². The molecule has 2 bridgehead atoms. The Morgan fingerprint density at radius 2 is 1.52 bits per heavy atom. The number of fused-ring (bicyclic) bond motifs is 8. The summed E-state index contributed by atoms with van der Waals surface area (Å²) in [5.41, 5.74) is -5.73. The van der Waals surface area contributed by atoms with Crippen molar-refractivity contribution in [2.75, 3.05) is 20.3 Å². The lowest BCUT2D eigenvalue weighted by Crippen LogP contribution is -2.85. The molecule has 520 valence electrons. The summed E-state index contributed by atoms with van der Waals surface area (Å²) < 4.78 is 48.6. The van der Waals surface area contributed by atoms with E-state index in [1.807, 2.05) is 0 Å². The monoisotopic (exact) mass is 1350 g/mol. The smallest absolute Gasteiger partial charge is 0.338 e. The second-order valence-corrected chi connectivity index (χ2v) is 27.4. The molecule has 4 aromatic rings. The number of aliphatic hydroxyl groups is 7. The van der Waals surface area contributed by atoms with E-state index in [1.165, 1.54) is 72.1 Å². The molecule has 12 N–H and O–H groups in total. The van der Waals surface area contributed by atoms with E-state index in [4.69, 9.17) is 43.6 Å². The van der Waals surface area contributed by atoms with Gasteiger partial charge in [-0.25, -0.2) is 15.0 Å². The third kappa shape index (κ3) is 11.7. The largest absolute Gasteiger partial charge is 0.507 e. The molecule has 97 heavy (non-hydrogen) atoms. The molecule has 2 heterocycles. The zero-order valence-corrected chi connectivity index (χ0v) is 54.7. The molecule has 2 aliphatic heterocycles. The number of hydrazone groups is 1. The lowest BCUT2D eigenvalue weighted by Gasteiger charge is -2.70. The summed E-state index contributed by atoms with van der Waals surface area (Å²) >= 11 is 0. The number of phenols is 2. The van der Waals surface area contributed by atoms with Gasteiger partial charge in [-0.15, -0.1) is 0 Å². The van der Waals surface area contributed by atoms with E-state index in [9.17, 15) is 74.7 Å². The predicted molar refractivity (Wildman–Crippen MR) is 336 cm³/mol. The number of esters is 3. The van der Waals surface area contributed by atoms with Gasteiger partial charge in [-0.05, 0) is 62.6 Å². The number of carbonyl (C=O) groups excluding carboxylic acids is 7. The molecule has 0 radical (unpaired) electrons. The lowest BCUT2D eigenvalue weighted by molar-refractivity contribution is -0.383. The number of amides is 1. The summed E-state index contributed by atoms with van der Waals surface area (Å²) in [4.78, 5) is 100. The number of hydrogen-bond donors (Lipinski definition) is 11. The molecule has 11 rings (SSSR count).